The van der Waals surface area contributed by atoms with Gasteiger partial charge in [-0.2, -0.15) is 0 Å². The van der Waals surface area contributed by atoms with Gasteiger partial charge in [-0.25, -0.2) is 0 Å². The normalized spacial score (nSPS) is 26.3. The molecule has 1 atom stereocenters. The van der Waals surface area contributed by atoms with E-state index in [4.69, 9.17) is 0 Å². The molecule has 0 saturated carbocycles. The summed E-state index contributed by atoms with van der Waals surface area (Å²) in [7, 11) is 1.77. The van der Waals surface area contributed by atoms with Gasteiger partial charge >= 0.3 is 0 Å². The smallest absolute Gasteiger partial charge is 0.224 e. The van der Waals surface area contributed by atoms with E-state index < -0.39 is 0 Å². The van der Waals surface area contributed by atoms with Crippen LogP contribution in [0.15, 0.2) is 12.2 Å². The molecule has 0 aromatic carbocycles. The molecule has 2 amide bonds. The van der Waals surface area contributed by atoms with Crippen molar-refractivity contribution in [3.63, 3.8) is 0 Å². The van der Waals surface area contributed by atoms with E-state index in [1.165, 1.54) is 0 Å². The topological polar surface area (TPSA) is 49.4 Å². The predicted molar refractivity (Wildman–Crippen MR) is 56.0 cm³/mol. The molecule has 1 fully saturated rings. The Balaban J connectivity index is 1.82. The van der Waals surface area contributed by atoms with Crippen LogP contribution in [0.1, 0.15) is 19.3 Å². The molecule has 1 N–H and O–H groups in total. The van der Waals surface area contributed by atoms with Crippen molar-refractivity contribution in [2.24, 2.45) is 5.92 Å². The van der Waals surface area contributed by atoms with Crippen molar-refractivity contribution >= 4 is 11.8 Å². The number of likely N-dealkylation sites (N-methyl/N-ethyl adjacent to an activating group) is 1. The number of carbonyl (C=O) groups excluding carboxylic acids is 2. The first-order valence-electron chi connectivity index (χ1n) is 5.36. The first-order chi connectivity index (χ1) is 7.16. The lowest BCUT2D eigenvalue weighted by molar-refractivity contribution is -0.126. The molecule has 15 heavy (non-hydrogen) atoms. The number of rotatable bonds is 2. The minimum absolute atomic E-state index is 0.00981. The molecule has 0 aromatic rings. The van der Waals surface area contributed by atoms with Gasteiger partial charge in [-0.3, -0.25) is 9.59 Å². The average Bonchev–Trinajstić information content (AvgIpc) is 2.77. The first-order valence-corrected chi connectivity index (χ1v) is 5.36. The maximum atomic E-state index is 11.7. The van der Waals surface area contributed by atoms with Gasteiger partial charge in [-0.15, -0.1) is 0 Å². The fraction of sp³-hybridized carbons (Fsp3) is 0.636. The lowest BCUT2D eigenvalue weighted by Crippen LogP contribution is -2.39. The molecular formula is C11H16N2O2. The minimum Gasteiger partial charge on any atom is -0.351 e. The van der Waals surface area contributed by atoms with Crippen LogP contribution in [0.2, 0.25) is 0 Å². The van der Waals surface area contributed by atoms with E-state index in [9.17, 15) is 9.59 Å². The number of hydrogen-bond acceptors (Lipinski definition) is 2. The largest absolute Gasteiger partial charge is 0.351 e. The Hall–Kier alpha value is -1.32. The molecule has 4 nitrogen and oxygen atoms in total. The minimum atomic E-state index is 0.00981. The molecule has 2 aliphatic rings. The van der Waals surface area contributed by atoms with Crippen LogP contribution in [-0.2, 0) is 9.59 Å². The van der Waals surface area contributed by atoms with Gasteiger partial charge in [0.2, 0.25) is 11.8 Å². The zero-order valence-electron chi connectivity index (χ0n) is 8.90. The number of likely N-dealkylation sites (tertiary alicyclic amines) is 1. The predicted octanol–water partition coefficient (Wildman–Crippen LogP) is 0.299. The molecule has 82 valence electrons. The van der Waals surface area contributed by atoms with Crippen LogP contribution in [-0.4, -0.2) is 36.3 Å². The Kier molecular flexibility index (Phi) is 2.75. The monoisotopic (exact) mass is 208 g/mol. The van der Waals surface area contributed by atoms with Crippen LogP contribution in [0.4, 0.5) is 0 Å². The summed E-state index contributed by atoms with van der Waals surface area (Å²) in [5.74, 6) is 0.295. The Morgan fingerprint density at radius 1 is 1.47 bits per heavy atom. The molecule has 4 heteroatoms. The van der Waals surface area contributed by atoms with Gasteiger partial charge in [0, 0.05) is 25.9 Å². The average molecular weight is 208 g/mol. The summed E-state index contributed by atoms with van der Waals surface area (Å²) in [6.45, 7) is 0.644. The summed E-state index contributed by atoms with van der Waals surface area (Å²) in [4.78, 5) is 24.6. The fourth-order valence-electron chi connectivity index (χ4n) is 2.11. The summed E-state index contributed by atoms with van der Waals surface area (Å²) in [6.07, 6.45) is 6.19. The number of amides is 2. The van der Waals surface area contributed by atoms with Crippen molar-refractivity contribution in [1.29, 1.82) is 0 Å². The van der Waals surface area contributed by atoms with Crippen molar-refractivity contribution in [3.8, 4) is 0 Å². The van der Waals surface area contributed by atoms with Gasteiger partial charge in [0.25, 0.3) is 0 Å². The van der Waals surface area contributed by atoms with Gasteiger partial charge in [-0.05, 0) is 12.8 Å². The molecule has 1 heterocycles. The Labute approximate surface area is 89.3 Å². The van der Waals surface area contributed by atoms with E-state index in [0.29, 0.717) is 13.0 Å². The van der Waals surface area contributed by atoms with Crippen molar-refractivity contribution in [1.82, 2.24) is 10.2 Å². The van der Waals surface area contributed by atoms with Gasteiger partial charge < -0.3 is 10.2 Å². The van der Waals surface area contributed by atoms with E-state index in [1.807, 2.05) is 12.2 Å². The molecular weight excluding hydrogens is 192 g/mol. The second kappa shape index (κ2) is 4.04. The maximum absolute atomic E-state index is 11.7. The summed E-state index contributed by atoms with van der Waals surface area (Å²) in [5, 5.41) is 2.94. The third-order valence-electron chi connectivity index (χ3n) is 3.07. The first kappa shape index (κ1) is 10.2. The zero-order valence-corrected chi connectivity index (χ0v) is 8.90. The quantitative estimate of drug-likeness (QED) is 0.663. The van der Waals surface area contributed by atoms with Crippen LogP contribution in [0.5, 0.6) is 0 Å². The highest BCUT2D eigenvalue weighted by molar-refractivity contribution is 5.83. The second-order valence-electron chi connectivity index (χ2n) is 4.32. The van der Waals surface area contributed by atoms with E-state index >= 15 is 0 Å². The van der Waals surface area contributed by atoms with Crippen molar-refractivity contribution in [2.75, 3.05) is 13.6 Å². The van der Waals surface area contributed by atoms with Gasteiger partial charge in [-0.1, -0.05) is 12.2 Å². The Bertz CT molecular complexity index is 304. The van der Waals surface area contributed by atoms with E-state index in [2.05, 4.69) is 5.32 Å². The van der Waals surface area contributed by atoms with Crippen LogP contribution in [0.25, 0.3) is 0 Å². The number of nitrogens with zero attached hydrogens (tertiary/aromatic N) is 1. The SMILES string of the molecule is CN1C[C@@H](NC(=O)C2CC=CC2)CC1=O. The van der Waals surface area contributed by atoms with E-state index in [0.717, 1.165) is 12.8 Å². The summed E-state index contributed by atoms with van der Waals surface area (Å²) in [6, 6.07) is 0.00981. The highest BCUT2D eigenvalue weighted by atomic mass is 16.2. The lowest BCUT2D eigenvalue weighted by Gasteiger charge is -2.15. The molecule has 2 rings (SSSR count). The van der Waals surface area contributed by atoms with Crippen LogP contribution in [0.3, 0.4) is 0 Å². The van der Waals surface area contributed by atoms with Crippen LogP contribution in [0, 0.1) is 5.92 Å². The standard InChI is InChI=1S/C11H16N2O2/c1-13-7-9(6-10(13)14)12-11(15)8-4-2-3-5-8/h2-3,8-9H,4-7H2,1H3,(H,12,15)/t9-/m0/s1. The highest BCUT2D eigenvalue weighted by Gasteiger charge is 2.29. The van der Waals surface area contributed by atoms with Crippen LogP contribution >= 0.6 is 0 Å². The van der Waals surface area contributed by atoms with E-state index in [1.54, 1.807) is 11.9 Å². The molecule has 0 spiro atoms. The highest BCUT2D eigenvalue weighted by Crippen LogP contribution is 2.18. The summed E-state index contributed by atoms with van der Waals surface area (Å²) >= 11 is 0. The van der Waals surface area contributed by atoms with Gasteiger partial charge in [0.15, 0.2) is 0 Å². The van der Waals surface area contributed by atoms with Gasteiger partial charge in [0.1, 0.15) is 0 Å². The van der Waals surface area contributed by atoms with Crippen LogP contribution < -0.4 is 5.32 Å². The Morgan fingerprint density at radius 3 is 2.67 bits per heavy atom. The molecule has 0 radical (unpaired) electrons. The van der Waals surface area contributed by atoms with Crippen molar-refractivity contribution in [2.45, 2.75) is 25.3 Å². The number of hydrogen-bond donors (Lipinski definition) is 1. The van der Waals surface area contributed by atoms with Gasteiger partial charge in [0.05, 0.1) is 6.04 Å². The fourth-order valence-corrected chi connectivity index (χ4v) is 2.11. The summed E-state index contributed by atoms with van der Waals surface area (Å²) < 4.78 is 0. The molecule has 1 aliphatic heterocycles. The maximum Gasteiger partial charge on any atom is 0.224 e. The molecule has 0 unspecified atom stereocenters. The van der Waals surface area contributed by atoms with E-state index in [-0.39, 0.29) is 23.8 Å². The lowest BCUT2D eigenvalue weighted by atomic mass is 10.1. The van der Waals surface area contributed by atoms with Crippen molar-refractivity contribution in [3.05, 3.63) is 12.2 Å². The second-order valence-corrected chi connectivity index (χ2v) is 4.32. The third kappa shape index (κ3) is 2.19. The zero-order chi connectivity index (χ0) is 10.8. The molecule has 0 aromatic heterocycles. The third-order valence-corrected chi connectivity index (χ3v) is 3.07. The number of carbonyl (C=O) groups is 2. The number of nitrogens with one attached hydrogen (secondary N) is 1. The Morgan fingerprint density at radius 2 is 2.13 bits per heavy atom. The summed E-state index contributed by atoms with van der Waals surface area (Å²) in [5.41, 5.74) is 0. The van der Waals surface area contributed by atoms with Crippen molar-refractivity contribution < 1.29 is 9.59 Å². The number of allylic oxidation sites excluding steroid dienone is 2. The molecule has 0 bridgehead atoms. The molecule has 1 aliphatic carbocycles. The molecule has 1 saturated heterocycles.